The molecule has 0 spiro atoms. The van der Waals surface area contributed by atoms with E-state index < -0.39 is 6.04 Å². The zero-order valence-electron chi connectivity index (χ0n) is 18.3. The van der Waals surface area contributed by atoms with Gasteiger partial charge in [0.2, 0.25) is 11.8 Å². The van der Waals surface area contributed by atoms with Crippen LogP contribution in [0, 0.1) is 0 Å². The Kier molecular flexibility index (Phi) is 9.27. The van der Waals surface area contributed by atoms with Gasteiger partial charge in [-0.1, -0.05) is 79.2 Å². The Morgan fingerprint density at radius 3 is 2.28 bits per heavy atom. The summed E-state index contributed by atoms with van der Waals surface area (Å²) < 4.78 is 0. The van der Waals surface area contributed by atoms with Crippen LogP contribution in [0.1, 0.15) is 56.6 Å². The first kappa shape index (κ1) is 24.9. The molecule has 1 fully saturated rings. The number of carbonyl (C=O) groups is 2. The molecule has 32 heavy (non-hydrogen) atoms. The number of rotatable bonds is 8. The second-order valence-corrected chi connectivity index (χ2v) is 9.61. The summed E-state index contributed by atoms with van der Waals surface area (Å²) in [7, 11) is 0. The molecule has 0 saturated heterocycles. The van der Waals surface area contributed by atoms with E-state index in [1.54, 1.807) is 35.2 Å². The van der Waals surface area contributed by atoms with Crippen LogP contribution >= 0.6 is 34.8 Å². The van der Waals surface area contributed by atoms with E-state index in [2.05, 4.69) is 5.32 Å². The van der Waals surface area contributed by atoms with Crippen LogP contribution in [0.3, 0.4) is 0 Å². The van der Waals surface area contributed by atoms with Crippen molar-refractivity contribution < 1.29 is 9.59 Å². The number of nitrogens with zero attached hydrogens (tertiary/aromatic N) is 1. The second kappa shape index (κ2) is 11.9. The molecule has 2 amide bonds. The van der Waals surface area contributed by atoms with E-state index in [1.165, 1.54) is 6.42 Å². The van der Waals surface area contributed by atoms with Crippen LogP contribution in [-0.4, -0.2) is 28.8 Å². The van der Waals surface area contributed by atoms with E-state index in [0.717, 1.165) is 31.2 Å². The van der Waals surface area contributed by atoms with Crippen LogP contribution in [0.5, 0.6) is 0 Å². The number of hydrogen-bond acceptors (Lipinski definition) is 2. The maximum absolute atomic E-state index is 13.4. The lowest BCUT2D eigenvalue weighted by atomic mass is 9.95. The fourth-order valence-corrected chi connectivity index (χ4v) is 4.78. The third-order valence-electron chi connectivity index (χ3n) is 5.96. The summed E-state index contributed by atoms with van der Waals surface area (Å²) in [6, 6.07) is 12.1. The van der Waals surface area contributed by atoms with Crippen molar-refractivity contribution in [3.05, 3.63) is 68.7 Å². The summed E-state index contributed by atoms with van der Waals surface area (Å²) >= 11 is 18.3. The number of amides is 2. The van der Waals surface area contributed by atoms with Crippen LogP contribution in [0.25, 0.3) is 0 Å². The molecule has 0 radical (unpaired) electrons. The molecule has 0 heterocycles. The largest absolute Gasteiger partial charge is 0.352 e. The monoisotopic (exact) mass is 494 g/mol. The van der Waals surface area contributed by atoms with E-state index in [4.69, 9.17) is 34.8 Å². The van der Waals surface area contributed by atoms with Crippen molar-refractivity contribution in [2.75, 3.05) is 0 Å². The average molecular weight is 496 g/mol. The first-order valence-corrected chi connectivity index (χ1v) is 12.3. The smallest absolute Gasteiger partial charge is 0.243 e. The van der Waals surface area contributed by atoms with Crippen molar-refractivity contribution >= 4 is 46.6 Å². The number of nitrogens with one attached hydrogen (secondary N) is 1. The minimum atomic E-state index is -0.564. The maximum Gasteiger partial charge on any atom is 0.243 e. The number of benzene rings is 2. The zero-order valence-corrected chi connectivity index (χ0v) is 20.5. The van der Waals surface area contributed by atoms with Gasteiger partial charge in [-0.3, -0.25) is 9.59 Å². The molecule has 172 valence electrons. The fourth-order valence-electron chi connectivity index (χ4n) is 4.18. The molecule has 7 heteroatoms. The minimum absolute atomic E-state index is 0.0936. The normalized spacial score (nSPS) is 15.2. The van der Waals surface area contributed by atoms with Gasteiger partial charge in [-0.15, -0.1) is 0 Å². The van der Waals surface area contributed by atoms with Crippen molar-refractivity contribution in [1.29, 1.82) is 0 Å². The average Bonchev–Trinajstić information content (AvgIpc) is 2.77. The first-order chi connectivity index (χ1) is 15.4. The first-order valence-electron chi connectivity index (χ1n) is 11.2. The van der Waals surface area contributed by atoms with E-state index in [9.17, 15) is 9.59 Å². The quantitative estimate of drug-likeness (QED) is 0.458. The minimum Gasteiger partial charge on any atom is -0.352 e. The molecule has 1 N–H and O–H groups in total. The molecule has 3 rings (SSSR count). The standard InChI is InChI=1S/C25H29Cl3N2O2/c1-2-23(25(32)29-21-6-4-3-5-7-21)30(16-17-8-11-19(26)12-9-17)24(31)14-18-10-13-20(27)15-22(18)28/h8-13,15,21,23H,2-7,14,16H2,1H3,(H,29,32)/t23-/m0/s1. The summed E-state index contributed by atoms with van der Waals surface area (Å²) in [5, 5.41) is 4.77. The van der Waals surface area contributed by atoms with Gasteiger partial charge in [-0.2, -0.15) is 0 Å². The maximum atomic E-state index is 13.4. The van der Waals surface area contributed by atoms with Crippen molar-refractivity contribution in [2.24, 2.45) is 0 Å². The zero-order chi connectivity index (χ0) is 23.1. The van der Waals surface area contributed by atoms with Gasteiger partial charge in [-0.05, 0) is 54.7 Å². The Labute approximate surface area is 205 Å². The summed E-state index contributed by atoms with van der Waals surface area (Å²) in [6.45, 7) is 2.25. The number of carbonyl (C=O) groups excluding carboxylic acids is 2. The Morgan fingerprint density at radius 1 is 1.00 bits per heavy atom. The van der Waals surface area contributed by atoms with E-state index in [0.29, 0.717) is 33.6 Å². The summed E-state index contributed by atoms with van der Waals surface area (Å²) in [4.78, 5) is 28.3. The van der Waals surface area contributed by atoms with Crippen molar-refractivity contribution in [3.63, 3.8) is 0 Å². The number of hydrogen-bond donors (Lipinski definition) is 1. The van der Waals surface area contributed by atoms with Gasteiger partial charge in [0.15, 0.2) is 0 Å². The Bertz CT molecular complexity index is 927. The van der Waals surface area contributed by atoms with Crippen molar-refractivity contribution in [1.82, 2.24) is 10.2 Å². The van der Waals surface area contributed by atoms with E-state index >= 15 is 0 Å². The van der Waals surface area contributed by atoms with Gasteiger partial charge in [0, 0.05) is 27.7 Å². The molecule has 2 aromatic rings. The third kappa shape index (κ3) is 6.87. The molecular weight excluding hydrogens is 467 g/mol. The highest BCUT2D eigenvalue weighted by molar-refractivity contribution is 6.35. The highest BCUT2D eigenvalue weighted by atomic mass is 35.5. The van der Waals surface area contributed by atoms with Crippen LogP contribution in [-0.2, 0) is 22.6 Å². The Hall–Kier alpha value is -1.75. The summed E-state index contributed by atoms with van der Waals surface area (Å²) in [6.07, 6.45) is 6.07. The molecule has 0 aromatic heterocycles. The van der Waals surface area contributed by atoms with Crippen molar-refractivity contribution in [2.45, 2.75) is 70.5 Å². The lowest BCUT2D eigenvalue weighted by Crippen LogP contribution is -2.52. The molecule has 1 saturated carbocycles. The predicted octanol–water partition coefficient (Wildman–Crippen LogP) is 6.45. The van der Waals surface area contributed by atoms with Crippen LogP contribution < -0.4 is 5.32 Å². The van der Waals surface area contributed by atoms with Crippen LogP contribution in [0.15, 0.2) is 42.5 Å². The summed E-state index contributed by atoms with van der Waals surface area (Å²) in [5.74, 6) is -0.251. The molecule has 1 aliphatic carbocycles. The van der Waals surface area contributed by atoms with Gasteiger partial charge in [0.05, 0.1) is 6.42 Å². The van der Waals surface area contributed by atoms with E-state index in [1.807, 2.05) is 19.1 Å². The molecule has 1 atom stereocenters. The molecule has 0 bridgehead atoms. The van der Waals surface area contributed by atoms with Gasteiger partial charge in [0.25, 0.3) is 0 Å². The lowest BCUT2D eigenvalue weighted by molar-refractivity contribution is -0.141. The molecule has 4 nitrogen and oxygen atoms in total. The van der Waals surface area contributed by atoms with E-state index in [-0.39, 0.29) is 24.3 Å². The Morgan fingerprint density at radius 2 is 1.66 bits per heavy atom. The van der Waals surface area contributed by atoms with Gasteiger partial charge < -0.3 is 10.2 Å². The topological polar surface area (TPSA) is 49.4 Å². The van der Waals surface area contributed by atoms with Gasteiger partial charge in [0.1, 0.15) is 6.04 Å². The molecule has 2 aromatic carbocycles. The highest BCUT2D eigenvalue weighted by Gasteiger charge is 2.30. The van der Waals surface area contributed by atoms with Crippen LogP contribution in [0.2, 0.25) is 15.1 Å². The summed E-state index contributed by atoms with van der Waals surface area (Å²) in [5.41, 5.74) is 1.60. The molecule has 0 aliphatic heterocycles. The predicted molar refractivity (Wildman–Crippen MR) is 131 cm³/mol. The highest BCUT2D eigenvalue weighted by Crippen LogP contribution is 2.24. The molecule has 0 unspecified atom stereocenters. The van der Waals surface area contributed by atoms with Crippen LogP contribution in [0.4, 0.5) is 0 Å². The molecule has 1 aliphatic rings. The second-order valence-electron chi connectivity index (χ2n) is 8.33. The number of halogens is 3. The molecular formula is C25H29Cl3N2O2. The van der Waals surface area contributed by atoms with Crippen molar-refractivity contribution in [3.8, 4) is 0 Å². The third-order valence-corrected chi connectivity index (χ3v) is 6.80. The van der Waals surface area contributed by atoms with Gasteiger partial charge >= 0.3 is 0 Å². The van der Waals surface area contributed by atoms with Gasteiger partial charge in [-0.25, -0.2) is 0 Å². The fraction of sp³-hybridized carbons (Fsp3) is 0.440. The lowest BCUT2D eigenvalue weighted by Gasteiger charge is -2.33. The Balaban J connectivity index is 1.82. The SMILES string of the molecule is CC[C@@H](C(=O)NC1CCCCC1)N(Cc1ccc(Cl)cc1)C(=O)Cc1ccc(Cl)cc1Cl.